The molecule has 1 aromatic carbocycles. The molecule has 0 unspecified atom stereocenters. The zero-order valence-corrected chi connectivity index (χ0v) is 9.30. The van der Waals surface area contributed by atoms with Gasteiger partial charge in [-0.1, -0.05) is 13.0 Å². The van der Waals surface area contributed by atoms with E-state index in [9.17, 15) is 4.79 Å². The second-order valence-corrected chi connectivity index (χ2v) is 3.35. The fraction of sp³-hybridized carbons (Fsp3) is 0.364. The zero-order chi connectivity index (χ0) is 10.6. The van der Waals surface area contributed by atoms with Crippen LogP contribution in [0.2, 0.25) is 0 Å². The Balaban J connectivity index is 3.13. The maximum atomic E-state index is 11.5. The van der Waals surface area contributed by atoms with Gasteiger partial charge in [0.1, 0.15) is 5.75 Å². The molecule has 3 heteroatoms. The van der Waals surface area contributed by atoms with E-state index in [-0.39, 0.29) is 5.78 Å². The lowest BCUT2D eigenvalue weighted by Gasteiger charge is -2.10. The monoisotopic (exact) mass is 210 g/mol. The van der Waals surface area contributed by atoms with Crippen LogP contribution < -0.4 is 4.74 Å². The minimum atomic E-state index is 0.0874. The molecule has 0 amide bonds. The van der Waals surface area contributed by atoms with Crippen LogP contribution in [0.5, 0.6) is 5.75 Å². The molecule has 0 saturated heterocycles. The Hall–Kier alpha value is -0.960. The maximum Gasteiger partial charge on any atom is 0.166 e. The van der Waals surface area contributed by atoms with Crippen molar-refractivity contribution in [3.63, 3.8) is 0 Å². The molecule has 0 atom stereocenters. The van der Waals surface area contributed by atoms with Gasteiger partial charge >= 0.3 is 0 Å². The van der Waals surface area contributed by atoms with E-state index in [2.05, 4.69) is 12.6 Å². The second kappa shape index (κ2) is 5.05. The number of hydrogen-bond acceptors (Lipinski definition) is 3. The third-order valence-corrected chi connectivity index (χ3v) is 2.26. The van der Waals surface area contributed by atoms with Crippen molar-refractivity contribution in [3.8, 4) is 5.75 Å². The molecule has 0 bridgehead atoms. The summed E-state index contributed by atoms with van der Waals surface area (Å²) in [5, 5.41) is 0. The third-order valence-electron chi connectivity index (χ3n) is 1.90. The van der Waals surface area contributed by atoms with Crippen LogP contribution in [0.3, 0.4) is 0 Å². The Kier molecular flexibility index (Phi) is 4.01. The number of hydrogen-bond donors (Lipinski definition) is 1. The van der Waals surface area contributed by atoms with E-state index in [1.54, 1.807) is 6.07 Å². The molecule has 0 radical (unpaired) electrons. The first-order valence-electron chi connectivity index (χ1n) is 4.68. The van der Waals surface area contributed by atoms with Gasteiger partial charge < -0.3 is 4.74 Å². The van der Waals surface area contributed by atoms with Gasteiger partial charge in [-0.15, -0.1) is 12.6 Å². The van der Waals surface area contributed by atoms with Crippen molar-refractivity contribution < 1.29 is 9.53 Å². The van der Waals surface area contributed by atoms with E-state index in [0.717, 1.165) is 0 Å². The van der Waals surface area contributed by atoms with Gasteiger partial charge in [-0.3, -0.25) is 4.79 Å². The Labute approximate surface area is 89.7 Å². The lowest BCUT2D eigenvalue weighted by atomic mass is 10.1. The SMILES string of the molecule is CCOc1c(S)cccc1C(=O)CC. The number of carbonyl (C=O) groups excluding carboxylic acids is 1. The summed E-state index contributed by atoms with van der Waals surface area (Å²) >= 11 is 4.26. The molecule has 14 heavy (non-hydrogen) atoms. The predicted molar refractivity (Wildman–Crippen MR) is 59.5 cm³/mol. The van der Waals surface area contributed by atoms with Crippen LogP contribution in [0.1, 0.15) is 30.6 Å². The van der Waals surface area contributed by atoms with Crippen molar-refractivity contribution in [2.24, 2.45) is 0 Å². The number of benzene rings is 1. The van der Waals surface area contributed by atoms with Crippen LogP contribution in [0.25, 0.3) is 0 Å². The largest absolute Gasteiger partial charge is 0.492 e. The number of para-hydroxylation sites is 1. The minimum absolute atomic E-state index is 0.0874. The molecule has 0 saturated carbocycles. The highest BCUT2D eigenvalue weighted by Crippen LogP contribution is 2.28. The molecule has 1 rings (SSSR count). The number of thiol groups is 1. The van der Waals surface area contributed by atoms with Crippen LogP contribution in [-0.4, -0.2) is 12.4 Å². The number of carbonyl (C=O) groups is 1. The van der Waals surface area contributed by atoms with Crippen molar-refractivity contribution >= 4 is 18.4 Å². The van der Waals surface area contributed by atoms with Gasteiger partial charge in [0.05, 0.1) is 12.2 Å². The Bertz CT molecular complexity index is 334. The highest BCUT2D eigenvalue weighted by atomic mass is 32.1. The molecule has 0 aromatic heterocycles. The standard InChI is InChI=1S/C11H14O2S/c1-3-9(12)8-6-5-7-10(14)11(8)13-4-2/h5-7,14H,3-4H2,1-2H3. The van der Waals surface area contributed by atoms with Gasteiger partial charge in [0.15, 0.2) is 5.78 Å². The van der Waals surface area contributed by atoms with Crippen molar-refractivity contribution in [1.82, 2.24) is 0 Å². The van der Waals surface area contributed by atoms with Gasteiger partial charge in [0.25, 0.3) is 0 Å². The molecular formula is C11H14O2S. The first kappa shape index (κ1) is 11.1. The van der Waals surface area contributed by atoms with E-state index in [4.69, 9.17) is 4.74 Å². The van der Waals surface area contributed by atoms with E-state index in [1.165, 1.54) is 0 Å². The van der Waals surface area contributed by atoms with Crippen LogP contribution in [0.4, 0.5) is 0 Å². The Morgan fingerprint density at radius 3 is 2.71 bits per heavy atom. The minimum Gasteiger partial charge on any atom is -0.492 e. The number of ketones is 1. The van der Waals surface area contributed by atoms with Crippen LogP contribution in [0.15, 0.2) is 23.1 Å². The van der Waals surface area contributed by atoms with E-state index < -0.39 is 0 Å². The van der Waals surface area contributed by atoms with Crippen LogP contribution in [-0.2, 0) is 0 Å². The second-order valence-electron chi connectivity index (χ2n) is 2.86. The Morgan fingerprint density at radius 2 is 2.14 bits per heavy atom. The molecule has 2 nitrogen and oxygen atoms in total. The normalized spacial score (nSPS) is 9.93. The average Bonchev–Trinajstić information content (AvgIpc) is 2.20. The topological polar surface area (TPSA) is 26.3 Å². The molecule has 0 heterocycles. The first-order chi connectivity index (χ1) is 6.70. The number of Topliss-reactive ketones (excluding diaryl/α,β-unsaturated/α-hetero) is 1. The molecule has 76 valence electrons. The summed E-state index contributed by atoms with van der Waals surface area (Å²) in [4.78, 5) is 12.3. The number of rotatable bonds is 4. The zero-order valence-electron chi connectivity index (χ0n) is 8.41. The summed E-state index contributed by atoms with van der Waals surface area (Å²) < 4.78 is 5.39. The first-order valence-corrected chi connectivity index (χ1v) is 5.13. The molecule has 0 spiro atoms. The summed E-state index contributed by atoms with van der Waals surface area (Å²) in [5.41, 5.74) is 0.627. The average molecular weight is 210 g/mol. The van der Waals surface area contributed by atoms with Gasteiger partial charge in [-0.25, -0.2) is 0 Å². The van der Waals surface area contributed by atoms with E-state index in [1.807, 2.05) is 26.0 Å². The molecule has 0 aliphatic rings. The summed E-state index contributed by atoms with van der Waals surface area (Å²) in [5.74, 6) is 0.689. The van der Waals surface area contributed by atoms with Gasteiger partial charge in [-0.05, 0) is 19.1 Å². The predicted octanol–water partition coefficient (Wildman–Crippen LogP) is 2.97. The number of ether oxygens (including phenoxy) is 1. The summed E-state index contributed by atoms with van der Waals surface area (Å²) in [6.45, 7) is 4.27. The lowest BCUT2D eigenvalue weighted by molar-refractivity contribution is 0.0984. The molecular weight excluding hydrogens is 196 g/mol. The van der Waals surface area contributed by atoms with E-state index in [0.29, 0.717) is 29.2 Å². The smallest absolute Gasteiger partial charge is 0.166 e. The molecule has 0 N–H and O–H groups in total. The van der Waals surface area contributed by atoms with Crippen LogP contribution >= 0.6 is 12.6 Å². The van der Waals surface area contributed by atoms with Crippen molar-refractivity contribution in [2.75, 3.05) is 6.61 Å². The summed E-state index contributed by atoms with van der Waals surface area (Å²) in [6.07, 6.45) is 0.483. The Morgan fingerprint density at radius 1 is 1.43 bits per heavy atom. The van der Waals surface area contributed by atoms with E-state index >= 15 is 0 Å². The quantitative estimate of drug-likeness (QED) is 0.611. The third kappa shape index (κ3) is 2.29. The summed E-state index contributed by atoms with van der Waals surface area (Å²) in [7, 11) is 0. The maximum absolute atomic E-state index is 11.5. The molecule has 1 aromatic rings. The fourth-order valence-corrected chi connectivity index (χ4v) is 1.50. The highest BCUT2D eigenvalue weighted by molar-refractivity contribution is 7.80. The summed E-state index contributed by atoms with van der Waals surface area (Å²) in [6, 6.07) is 5.41. The van der Waals surface area contributed by atoms with Crippen molar-refractivity contribution in [3.05, 3.63) is 23.8 Å². The fourth-order valence-electron chi connectivity index (χ4n) is 1.23. The highest BCUT2D eigenvalue weighted by Gasteiger charge is 2.12. The molecule has 0 fully saturated rings. The van der Waals surface area contributed by atoms with Crippen molar-refractivity contribution in [2.45, 2.75) is 25.2 Å². The van der Waals surface area contributed by atoms with Gasteiger partial charge in [0.2, 0.25) is 0 Å². The van der Waals surface area contributed by atoms with Gasteiger partial charge in [-0.2, -0.15) is 0 Å². The van der Waals surface area contributed by atoms with Gasteiger partial charge in [0, 0.05) is 11.3 Å². The molecule has 0 aliphatic carbocycles. The lowest BCUT2D eigenvalue weighted by Crippen LogP contribution is -2.03. The van der Waals surface area contributed by atoms with Crippen molar-refractivity contribution in [1.29, 1.82) is 0 Å². The van der Waals surface area contributed by atoms with Crippen LogP contribution in [0, 0.1) is 0 Å². The molecule has 0 aliphatic heterocycles.